The van der Waals surface area contributed by atoms with E-state index < -0.39 is 17.7 Å². The molecule has 0 saturated heterocycles. The second-order valence-electron chi connectivity index (χ2n) is 7.31. The van der Waals surface area contributed by atoms with Crippen molar-refractivity contribution in [2.24, 2.45) is 0 Å². The zero-order valence-corrected chi connectivity index (χ0v) is 19.2. The number of fused-ring (bicyclic) bond motifs is 1. The lowest BCUT2D eigenvalue weighted by molar-refractivity contribution is -0.111. The normalized spacial score (nSPS) is 11.4. The highest BCUT2D eigenvalue weighted by Gasteiger charge is 2.13. The van der Waals surface area contributed by atoms with E-state index in [0.717, 1.165) is 4.70 Å². The molecule has 4 rings (SSSR count). The van der Waals surface area contributed by atoms with Crippen LogP contribution in [-0.4, -0.2) is 23.0 Å². The van der Waals surface area contributed by atoms with Gasteiger partial charge in [-0.1, -0.05) is 22.9 Å². The summed E-state index contributed by atoms with van der Waals surface area (Å²) >= 11 is 7.06. The Bertz CT molecular complexity index is 1380. The van der Waals surface area contributed by atoms with Gasteiger partial charge in [0.05, 0.1) is 26.9 Å². The topological polar surface area (TPSA) is 81.4 Å². The number of rotatable bonds is 6. The van der Waals surface area contributed by atoms with E-state index >= 15 is 0 Å². The quantitative estimate of drug-likeness (QED) is 0.247. The van der Waals surface area contributed by atoms with Gasteiger partial charge in [-0.15, -0.1) is 0 Å². The SMILES string of the molecule is CC(C)OC(=O)c1ccc2nc(NC(=O)/C=C/c3ccc(-c4ccc(F)c(Cl)c4)o3)sc2c1. The maximum Gasteiger partial charge on any atom is 0.338 e. The van der Waals surface area contributed by atoms with Gasteiger partial charge in [0.1, 0.15) is 17.3 Å². The van der Waals surface area contributed by atoms with Gasteiger partial charge in [0.15, 0.2) is 5.13 Å². The molecule has 0 atom stereocenters. The third-order valence-electron chi connectivity index (χ3n) is 4.43. The molecule has 0 unspecified atom stereocenters. The Balaban J connectivity index is 1.42. The summed E-state index contributed by atoms with van der Waals surface area (Å²) in [7, 11) is 0. The molecule has 1 amide bonds. The van der Waals surface area contributed by atoms with Crippen molar-refractivity contribution in [3.05, 3.63) is 76.8 Å². The first kappa shape index (κ1) is 22.7. The molecule has 0 radical (unpaired) electrons. The Hall–Kier alpha value is -3.49. The predicted molar refractivity (Wildman–Crippen MR) is 127 cm³/mol. The van der Waals surface area contributed by atoms with Crippen LogP contribution in [0.4, 0.5) is 9.52 Å². The zero-order valence-electron chi connectivity index (χ0n) is 17.6. The fraction of sp³-hybridized carbons (Fsp3) is 0.125. The van der Waals surface area contributed by atoms with E-state index in [9.17, 15) is 14.0 Å². The summed E-state index contributed by atoms with van der Waals surface area (Å²) in [6, 6.07) is 12.7. The van der Waals surface area contributed by atoms with Crippen LogP contribution in [0.3, 0.4) is 0 Å². The number of esters is 1. The number of anilines is 1. The van der Waals surface area contributed by atoms with Gasteiger partial charge in [-0.25, -0.2) is 14.2 Å². The number of nitrogens with zero attached hydrogens (tertiary/aromatic N) is 1. The number of hydrogen-bond donors (Lipinski definition) is 1. The smallest absolute Gasteiger partial charge is 0.338 e. The molecule has 0 fully saturated rings. The Morgan fingerprint density at radius 3 is 2.76 bits per heavy atom. The molecule has 33 heavy (non-hydrogen) atoms. The molecule has 2 aromatic carbocycles. The van der Waals surface area contributed by atoms with Gasteiger partial charge in [0.2, 0.25) is 5.91 Å². The molecule has 4 aromatic rings. The number of thiazole rings is 1. The maximum absolute atomic E-state index is 13.3. The molecule has 168 valence electrons. The average Bonchev–Trinajstić information content (AvgIpc) is 3.39. The van der Waals surface area contributed by atoms with E-state index in [2.05, 4.69) is 10.3 Å². The van der Waals surface area contributed by atoms with Gasteiger partial charge >= 0.3 is 5.97 Å². The van der Waals surface area contributed by atoms with E-state index in [4.69, 9.17) is 20.8 Å². The first-order valence-corrected chi connectivity index (χ1v) is 11.1. The lowest BCUT2D eigenvalue weighted by atomic mass is 10.2. The highest BCUT2D eigenvalue weighted by Crippen LogP contribution is 2.28. The summed E-state index contributed by atoms with van der Waals surface area (Å²) in [6.45, 7) is 3.57. The summed E-state index contributed by atoms with van der Waals surface area (Å²) in [5, 5.41) is 3.10. The summed E-state index contributed by atoms with van der Waals surface area (Å²) in [5.41, 5.74) is 1.71. The molecule has 0 spiro atoms. The second-order valence-corrected chi connectivity index (χ2v) is 8.75. The molecule has 6 nitrogen and oxygen atoms in total. The number of ether oxygens (including phenoxy) is 1. The van der Waals surface area contributed by atoms with Crippen molar-refractivity contribution < 1.29 is 23.1 Å². The van der Waals surface area contributed by atoms with Crippen molar-refractivity contribution in [2.75, 3.05) is 5.32 Å². The highest BCUT2D eigenvalue weighted by molar-refractivity contribution is 7.22. The van der Waals surface area contributed by atoms with Crippen LogP contribution in [0.1, 0.15) is 30.0 Å². The number of benzene rings is 2. The molecule has 2 aromatic heterocycles. The second kappa shape index (κ2) is 9.56. The molecule has 9 heteroatoms. The van der Waals surface area contributed by atoms with Crippen molar-refractivity contribution in [3.8, 4) is 11.3 Å². The van der Waals surface area contributed by atoms with E-state index in [1.54, 1.807) is 50.2 Å². The highest BCUT2D eigenvalue weighted by atomic mass is 35.5. The number of furan rings is 1. The van der Waals surface area contributed by atoms with Crippen molar-refractivity contribution in [1.29, 1.82) is 0 Å². The van der Waals surface area contributed by atoms with Crippen LogP contribution in [0.15, 0.2) is 59.0 Å². The summed E-state index contributed by atoms with van der Waals surface area (Å²) in [5.74, 6) is -0.371. The van der Waals surface area contributed by atoms with Crippen molar-refractivity contribution in [3.63, 3.8) is 0 Å². The number of aromatic nitrogens is 1. The summed E-state index contributed by atoms with van der Waals surface area (Å²) in [6.07, 6.45) is 2.62. The maximum atomic E-state index is 13.3. The van der Waals surface area contributed by atoms with Gasteiger partial charge in [-0.05, 0) is 68.5 Å². The molecule has 0 aliphatic heterocycles. The minimum atomic E-state index is -0.509. The van der Waals surface area contributed by atoms with Crippen molar-refractivity contribution >= 4 is 56.2 Å². The fourth-order valence-electron chi connectivity index (χ4n) is 2.94. The van der Waals surface area contributed by atoms with E-state index in [1.165, 1.54) is 35.6 Å². The van der Waals surface area contributed by atoms with Gasteiger partial charge in [0.25, 0.3) is 0 Å². The fourth-order valence-corrected chi connectivity index (χ4v) is 4.03. The summed E-state index contributed by atoms with van der Waals surface area (Å²) in [4.78, 5) is 28.8. The van der Waals surface area contributed by atoms with Crippen LogP contribution in [0.5, 0.6) is 0 Å². The van der Waals surface area contributed by atoms with E-state index in [-0.39, 0.29) is 11.1 Å². The largest absolute Gasteiger partial charge is 0.459 e. The molecule has 1 N–H and O–H groups in total. The van der Waals surface area contributed by atoms with Crippen LogP contribution in [0, 0.1) is 5.82 Å². The number of amides is 1. The number of carbonyl (C=O) groups excluding carboxylic acids is 2. The Morgan fingerprint density at radius 2 is 2.00 bits per heavy atom. The van der Waals surface area contributed by atoms with Crippen LogP contribution < -0.4 is 5.32 Å². The number of hydrogen-bond acceptors (Lipinski definition) is 6. The van der Waals surface area contributed by atoms with Crippen molar-refractivity contribution in [2.45, 2.75) is 20.0 Å². The lowest BCUT2D eigenvalue weighted by Gasteiger charge is -2.07. The molecular formula is C24H18ClFN2O4S. The van der Waals surface area contributed by atoms with Gasteiger partial charge < -0.3 is 9.15 Å². The van der Waals surface area contributed by atoms with Gasteiger partial charge in [-0.3, -0.25) is 10.1 Å². The Morgan fingerprint density at radius 1 is 1.18 bits per heavy atom. The third-order valence-corrected chi connectivity index (χ3v) is 5.65. The Labute approximate surface area is 197 Å². The molecule has 2 heterocycles. The van der Waals surface area contributed by atoms with Crippen LogP contribution in [-0.2, 0) is 9.53 Å². The van der Waals surface area contributed by atoms with Crippen LogP contribution >= 0.6 is 22.9 Å². The monoisotopic (exact) mass is 484 g/mol. The number of halogens is 2. The average molecular weight is 485 g/mol. The van der Waals surface area contributed by atoms with Gasteiger partial charge in [0, 0.05) is 11.6 Å². The number of nitrogens with one attached hydrogen (secondary N) is 1. The third kappa shape index (κ3) is 5.47. The van der Waals surface area contributed by atoms with Gasteiger partial charge in [-0.2, -0.15) is 0 Å². The van der Waals surface area contributed by atoms with Crippen LogP contribution in [0.25, 0.3) is 27.6 Å². The Kier molecular flexibility index (Phi) is 6.57. The first-order valence-electron chi connectivity index (χ1n) is 9.94. The first-order chi connectivity index (χ1) is 15.8. The number of carbonyl (C=O) groups is 2. The van der Waals surface area contributed by atoms with Crippen molar-refractivity contribution in [1.82, 2.24) is 4.98 Å². The van der Waals surface area contributed by atoms with E-state index in [1.807, 2.05) is 0 Å². The predicted octanol–water partition coefficient (Wildman–Crippen LogP) is 6.57. The molecular weight excluding hydrogens is 467 g/mol. The standard InChI is InChI=1S/C24H18ClFN2O4S/c1-13(2)31-23(30)15-4-8-19-21(12-15)33-24(27-19)28-22(29)10-6-16-5-9-20(32-16)14-3-7-18(26)17(25)11-14/h3-13H,1-2H3,(H,27,28,29)/b10-6+. The molecule has 0 saturated carbocycles. The molecule has 0 aliphatic rings. The minimum absolute atomic E-state index is 0.000129. The lowest BCUT2D eigenvalue weighted by Crippen LogP contribution is -2.11. The zero-order chi connectivity index (χ0) is 23.5. The molecule has 0 bridgehead atoms. The van der Waals surface area contributed by atoms with E-state index in [0.29, 0.717) is 33.3 Å². The minimum Gasteiger partial charge on any atom is -0.459 e. The molecule has 0 aliphatic carbocycles. The van der Waals surface area contributed by atoms with Crippen LogP contribution in [0.2, 0.25) is 5.02 Å². The summed E-state index contributed by atoms with van der Waals surface area (Å²) < 4.78 is 25.0.